The van der Waals surface area contributed by atoms with Crippen molar-refractivity contribution in [1.82, 2.24) is 9.55 Å². The van der Waals surface area contributed by atoms with Gasteiger partial charge < -0.3 is 14.0 Å². The van der Waals surface area contributed by atoms with Gasteiger partial charge >= 0.3 is 0 Å². The standard InChI is InChI=1S/C24H21Cl3N2O2/c1-15-11-18(12-16(2)24(15)27)30-10-9-29-21-6-4-3-5-20(21)28-23(29)14-31-22-8-7-17(25)13-19(22)26/h3-8,11-13H,9-10,14H2,1-2H3. The molecule has 1 heterocycles. The second-order valence-corrected chi connectivity index (χ2v) is 8.47. The lowest BCUT2D eigenvalue weighted by Crippen LogP contribution is -2.13. The molecule has 4 nitrogen and oxygen atoms in total. The third-order valence-electron chi connectivity index (χ3n) is 4.98. The van der Waals surface area contributed by atoms with E-state index in [0.717, 1.165) is 38.8 Å². The minimum atomic E-state index is 0.273. The number of rotatable bonds is 7. The number of benzene rings is 3. The van der Waals surface area contributed by atoms with Crippen LogP contribution in [-0.4, -0.2) is 16.2 Å². The topological polar surface area (TPSA) is 36.3 Å². The fourth-order valence-corrected chi connectivity index (χ4v) is 4.04. The first-order valence-corrected chi connectivity index (χ1v) is 11.0. The minimum absolute atomic E-state index is 0.273. The van der Waals surface area contributed by atoms with Gasteiger partial charge in [0.05, 0.1) is 22.6 Å². The normalized spacial score (nSPS) is 11.1. The Kier molecular flexibility index (Phi) is 6.61. The average molecular weight is 476 g/mol. The number of halogens is 3. The van der Waals surface area contributed by atoms with Crippen LogP contribution in [0.4, 0.5) is 0 Å². The van der Waals surface area contributed by atoms with Gasteiger partial charge in [0.1, 0.15) is 30.5 Å². The molecule has 0 atom stereocenters. The summed E-state index contributed by atoms with van der Waals surface area (Å²) in [6.07, 6.45) is 0. The van der Waals surface area contributed by atoms with Crippen molar-refractivity contribution in [3.63, 3.8) is 0 Å². The number of nitrogens with zero attached hydrogens (tertiary/aromatic N) is 2. The number of hydrogen-bond donors (Lipinski definition) is 0. The van der Waals surface area contributed by atoms with E-state index in [0.29, 0.717) is 28.9 Å². The molecule has 4 rings (SSSR count). The molecule has 160 valence electrons. The van der Waals surface area contributed by atoms with Gasteiger partial charge in [-0.3, -0.25) is 0 Å². The highest BCUT2D eigenvalue weighted by molar-refractivity contribution is 6.35. The second-order valence-electron chi connectivity index (χ2n) is 7.25. The Hall–Kier alpha value is -2.40. The van der Waals surface area contributed by atoms with Gasteiger partial charge in [-0.2, -0.15) is 0 Å². The Labute approximate surface area is 196 Å². The Balaban J connectivity index is 1.52. The summed E-state index contributed by atoms with van der Waals surface area (Å²) in [5.74, 6) is 2.15. The van der Waals surface area contributed by atoms with Crippen LogP contribution < -0.4 is 9.47 Å². The maximum absolute atomic E-state index is 6.26. The first-order valence-electron chi connectivity index (χ1n) is 9.84. The lowest BCUT2D eigenvalue weighted by atomic mass is 10.1. The van der Waals surface area contributed by atoms with Crippen LogP contribution in [0.15, 0.2) is 54.6 Å². The van der Waals surface area contributed by atoms with Crippen LogP contribution in [0.3, 0.4) is 0 Å². The SMILES string of the molecule is Cc1cc(OCCn2c(COc3ccc(Cl)cc3Cl)nc3ccccc32)cc(C)c1Cl. The van der Waals surface area contributed by atoms with Gasteiger partial charge in [0, 0.05) is 10.0 Å². The van der Waals surface area contributed by atoms with Gasteiger partial charge in [0.25, 0.3) is 0 Å². The molecule has 0 bridgehead atoms. The van der Waals surface area contributed by atoms with Crippen molar-refractivity contribution in [2.45, 2.75) is 27.0 Å². The zero-order chi connectivity index (χ0) is 22.0. The van der Waals surface area contributed by atoms with E-state index in [2.05, 4.69) is 4.57 Å². The van der Waals surface area contributed by atoms with E-state index in [1.165, 1.54) is 0 Å². The van der Waals surface area contributed by atoms with Gasteiger partial charge in [0.2, 0.25) is 0 Å². The van der Waals surface area contributed by atoms with E-state index in [1.807, 2.05) is 50.2 Å². The molecule has 0 aliphatic heterocycles. The predicted octanol–water partition coefficient (Wildman–Crippen LogP) is 7.27. The van der Waals surface area contributed by atoms with Crippen molar-refractivity contribution in [3.05, 3.63) is 86.6 Å². The molecule has 0 amide bonds. The molecule has 0 N–H and O–H groups in total. The lowest BCUT2D eigenvalue weighted by Gasteiger charge is -2.13. The quantitative estimate of drug-likeness (QED) is 0.282. The number of para-hydroxylation sites is 2. The molecule has 1 aromatic heterocycles. The van der Waals surface area contributed by atoms with E-state index in [4.69, 9.17) is 49.3 Å². The Morgan fingerprint density at radius 2 is 1.65 bits per heavy atom. The maximum Gasteiger partial charge on any atom is 0.148 e. The van der Waals surface area contributed by atoms with Crippen LogP contribution in [0.5, 0.6) is 11.5 Å². The third kappa shape index (κ3) is 4.93. The third-order valence-corrected chi connectivity index (χ3v) is 6.10. The van der Waals surface area contributed by atoms with Crippen molar-refractivity contribution in [2.24, 2.45) is 0 Å². The number of imidazole rings is 1. The smallest absolute Gasteiger partial charge is 0.148 e. The molecule has 0 radical (unpaired) electrons. The van der Waals surface area contributed by atoms with Crippen molar-refractivity contribution < 1.29 is 9.47 Å². The number of ether oxygens (including phenoxy) is 2. The summed E-state index contributed by atoms with van der Waals surface area (Å²) < 4.78 is 14.0. The number of hydrogen-bond acceptors (Lipinski definition) is 3. The van der Waals surface area contributed by atoms with Crippen LogP contribution >= 0.6 is 34.8 Å². The number of aromatic nitrogens is 2. The summed E-state index contributed by atoms with van der Waals surface area (Å²) in [5.41, 5.74) is 3.93. The lowest BCUT2D eigenvalue weighted by molar-refractivity contribution is 0.272. The van der Waals surface area contributed by atoms with Crippen molar-refractivity contribution in [2.75, 3.05) is 6.61 Å². The molecule has 0 saturated heterocycles. The summed E-state index contributed by atoms with van der Waals surface area (Å²) in [7, 11) is 0. The highest BCUT2D eigenvalue weighted by Gasteiger charge is 2.13. The largest absolute Gasteiger partial charge is 0.492 e. The molecule has 0 unspecified atom stereocenters. The van der Waals surface area contributed by atoms with Gasteiger partial charge in [-0.15, -0.1) is 0 Å². The number of aryl methyl sites for hydroxylation is 2. The average Bonchev–Trinajstić information content (AvgIpc) is 3.09. The highest BCUT2D eigenvalue weighted by atomic mass is 35.5. The van der Waals surface area contributed by atoms with Crippen LogP contribution in [0.25, 0.3) is 11.0 Å². The number of fused-ring (bicyclic) bond motifs is 1. The first-order chi connectivity index (χ1) is 14.9. The Morgan fingerprint density at radius 3 is 2.39 bits per heavy atom. The van der Waals surface area contributed by atoms with E-state index in [-0.39, 0.29) is 6.61 Å². The van der Waals surface area contributed by atoms with Gasteiger partial charge in [0.15, 0.2) is 0 Å². The molecule has 3 aromatic carbocycles. The maximum atomic E-state index is 6.26. The molecule has 0 fully saturated rings. The summed E-state index contributed by atoms with van der Waals surface area (Å²) >= 11 is 18.5. The fraction of sp³-hybridized carbons (Fsp3) is 0.208. The van der Waals surface area contributed by atoms with Crippen LogP contribution in [-0.2, 0) is 13.2 Å². The predicted molar refractivity (Wildman–Crippen MR) is 127 cm³/mol. The van der Waals surface area contributed by atoms with Crippen molar-refractivity contribution >= 4 is 45.8 Å². The summed E-state index contributed by atoms with van der Waals surface area (Å²) in [6.45, 7) is 5.32. The van der Waals surface area contributed by atoms with Crippen LogP contribution in [0.1, 0.15) is 17.0 Å². The Bertz CT molecular complexity index is 1210. The second kappa shape index (κ2) is 9.39. The molecule has 31 heavy (non-hydrogen) atoms. The molecular weight excluding hydrogens is 455 g/mol. The van der Waals surface area contributed by atoms with E-state index >= 15 is 0 Å². The van der Waals surface area contributed by atoms with Crippen LogP contribution in [0.2, 0.25) is 15.1 Å². The minimum Gasteiger partial charge on any atom is -0.492 e. The van der Waals surface area contributed by atoms with Crippen molar-refractivity contribution in [1.29, 1.82) is 0 Å². The highest BCUT2D eigenvalue weighted by Crippen LogP contribution is 2.29. The fourth-order valence-electron chi connectivity index (χ4n) is 3.46. The molecule has 4 aromatic rings. The van der Waals surface area contributed by atoms with E-state index < -0.39 is 0 Å². The molecule has 0 aliphatic rings. The first kappa shape index (κ1) is 21.8. The van der Waals surface area contributed by atoms with Crippen molar-refractivity contribution in [3.8, 4) is 11.5 Å². The van der Waals surface area contributed by atoms with Crippen LogP contribution in [0, 0.1) is 13.8 Å². The summed E-state index contributed by atoms with van der Waals surface area (Å²) in [5, 5.41) is 1.80. The molecule has 0 aliphatic carbocycles. The van der Waals surface area contributed by atoms with Gasteiger partial charge in [-0.05, 0) is 67.4 Å². The zero-order valence-corrected chi connectivity index (χ0v) is 19.4. The zero-order valence-electron chi connectivity index (χ0n) is 17.2. The molecule has 0 saturated carbocycles. The molecule has 0 spiro atoms. The molecule has 7 heteroatoms. The monoisotopic (exact) mass is 474 g/mol. The van der Waals surface area contributed by atoms with E-state index in [1.54, 1.807) is 18.2 Å². The summed E-state index contributed by atoms with van der Waals surface area (Å²) in [4.78, 5) is 4.74. The molecular formula is C24H21Cl3N2O2. The van der Waals surface area contributed by atoms with E-state index in [9.17, 15) is 0 Å². The van der Waals surface area contributed by atoms with Gasteiger partial charge in [-0.25, -0.2) is 4.98 Å². The van der Waals surface area contributed by atoms with Gasteiger partial charge in [-0.1, -0.05) is 46.9 Å². The summed E-state index contributed by atoms with van der Waals surface area (Å²) in [6, 6.07) is 17.0. The Morgan fingerprint density at radius 1 is 0.903 bits per heavy atom.